The van der Waals surface area contributed by atoms with Gasteiger partial charge in [-0.1, -0.05) is 0 Å². The van der Waals surface area contributed by atoms with Crippen molar-refractivity contribution in [3.63, 3.8) is 0 Å². The third-order valence-corrected chi connectivity index (χ3v) is 2.13. The van der Waals surface area contributed by atoms with Crippen molar-refractivity contribution in [3.05, 3.63) is 22.3 Å². The van der Waals surface area contributed by atoms with Gasteiger partial charge in [-0.25, -0.2) is 9.78 Å². The summed E-state index contributed by atoms with van der Waals surface area (Å²) in [6.45, 7) is 4.78. The van der Waals surface area contributed by atoms with E-state index >= 15 is 0 Å². The number of carbonyl (C=O) groups is 1. The second kappa shape index (κ2) is 5.70. The number of anilines is 1. The number of hydrogen-bond acceptors (Lipinski definition) is 4. The Balaban J connectivity index is 3.00. The monoisotopic (exact) mass is 272 g/mol. The third kappa shape index (κ3) is 3.20. The van der Waals surface area contributed by atoms with Crippen molar-refractivity contribution in [2.75, 3.05) is 18.5 Å². The molecule has 0 fully saturated rings. The van der Waals surface area contributed by atoms with Crippen LogP contribution in [0.4, 0.5) is 5.82 Å². The van der Waals surface area contributed by atoms with Crippen LogP contribution in [0.1, 0.15) is 24.2 Å². The second-order valence-electron chi connectivity index (χ2n) is 2.80. The predicted molar refractivity (Wildman–Crippen MR) is 62.1 cm³/mol. The molecule has 0 spiro atoms. The summed E-state index contributed by atoms with van der Waals surface area (Å²) in [6.07, 6.45) is 1.64. The highest BCUT2D eigenvalue weighted by molar-refractivity contribution is 9.10. The van der Waals surface area contributed by atoms with Crippen LogP contribution in [0.15, 0.2) is 16.7 Å². The molecule has 15 heavy (non-hydrogen) atoms. The molecule has 0 saturated heterocycles. The van der Waals surface area contributed by atoms with Crippen LogP contribution in [0.2, 0.25) is 0 Å². The highest BCUT2D eigenvalue weighted by atomic mass is 79.9. The van der Waals surface area contributed by atoms with E-state index in [2.05, 4.69) is 26.2 Å². The first-order chi connectivity index (χ1) is 7.19. The first-order valence-corrected chi connectivity index (χ1v) is 5.54. The van der Waals surface area contributed by atoms with Crippen LogP contribution >= 0.6 is 15.9 Å². The average molecular weight is 273 g/mol. The lowest BCUT2D eigenvalue weighted by molar-refractivity contribution is 0.0527. The van der Waals surface area contributed by atoms with Crippen molar-refractivity contribution in [1.82, 2.24) is 4.98 Å². The van der Waals surface area contributed by atoms with E-state index in [0.717, 1.165) is 4.47 Å². The molecule has 0 unspecified atom stereocenters. The Bertz CT molecular complexity index is 355. The summed E-state index contributed by atoms with van der Waals surface area (Å²) in [4.78, 5) is 15.7. The van der Waals surface area contributed by atoms with Gasteiger partial charge >= 0.3 is 5.97 Å². The number of aromatic nitrogens is 1. The van der Waals surface area contributed by atoms with E-state index < -0.39 is 0 Å². The van der Waals surface area contributed by atoms with Crippen LogP contribution < -0.4 is 5.32 Å². The van der Waals surface area contributed by atoms with Crippen molar-refractivity contribution in [2.45, 2.75) is 13.8 Å². The van der Waals surface area contributed by atoms with Crippen molar-refractivity contribution >= 4 is 27.7 Å². The van der Waals surface area contributed by atoms with E-state index in [9.17, 15) is 4.79 Å². The summed E-state index contributed by atoms with van der Waals surface area (Å²) >= 11 is 3.27. The molecule has 1 aromatic heterocycles. The molecular formula is C10H13BrN2O2. The number of rotatable bonds is 4. The summed E-state index contributed by atoms with van der Waals surface area (Å²) in [5, 5.41) is 3.01. The van der Waals surface area contributed by atoms with Crippen molar-refractivity contribution in [1.29, 1.82) is 0 Å². The van der Waals surface area contributed by atoms with Crippen LogP contribution in [0.25, 0.3) is 0 Å². The Labute approximate surface area is 97.2 Å². The predicted octanol–water partition coefficient (Wildman–Crippen LogP) is 2.45. The number of halogens is 1. The van der Waals surface area contributed by atoms with E-state index in [0.29, 0.717) is 24.5 Å². The molecule has 0 saturated carbocycles. The van der Waals surface area contributed by atoms with Gasteiger partial charge in [-0.15, -0.1) is 0 Å². The highest BCUT2D eigenvalue weighted by Crippen LogP contribution is 2.18. The molecular weight excluding hydrogens is 260 g/mol. The van der Waals surface area contributed by atoms with Crippen LogP contribution in [0.5, 0.6) is 0 Å². The zero-order chi connectivity index (χ0) is 11.3. The zero-order valence-corrected chi connectivity index (χ0v) is 10.3. The summed E-state index contributed by atoms with van der Waals surface area (Å²) in [5.74, 6) is 0.196. The van der Waals surface area contributed by atoms with Gasteiger partial charge in [0, 0.05) is 17.2 Å². The molecule has 4 nitrogen and oxygen atoms in total. The average Bonchev–Trinajstić information content (AvgIpc) is 2.21. The topological polar surface area (TPSA) is 51.2 Å². The van der Waals surface area contributed by atoms with Crippen LogP contribution in [0.3, 0.4) is 0 Å². The number of hydrogen-bond donors (Lipinski definition) is 1. The number of ether oxygens (including phenoxy) is 1. The lowest BCUT2D eigenvalue weighted by Gasteiger charge is -2.08. The quantitative estimate of drug-likeness (QED) is 0.856. The molecule has 1 rings (SSSR count). The Hall–Kier alpha value is -1.10. The van der Waals surface area contributed by atoms with E-state index in [1.807, 2.05) is 6.92 Å². The molecule has 0 atom stereocenters. The Morgan fingerprint density at radius 2 is 2.33 bits per heavy atom. The largest absolute Gasteiger partial charge is 0.462 e. The van der Waals surface area contributed by atoms with Gasteiger partial charge in [0.15, 0.2) is 0 Å². The SMILES string of the molecule is CCNc1ncc(Br)cc1C(=O)OCC. The molecule has 0 bridgehead atoms. The number of nitrogens with zero attached hydrogens (tertiary/aromatic N) is 1. The highest BCUT2D eigenvalue weighted by Gasteiger charge is 2.13. The maximum absolute atomic E-state index is 11.6. The Morgan fingerprint density at radius 3 is 2.93 bits per heavy atom. The van der Waals surface area contributed by atoms with Gasteiger partial charge in [0.05, 0.1) is 6.61 Å². The van der Waals surface area contributed by atoms with Crippen LogP contribution in [0, 0.1) is 0 Å². The number of carbonyl (C=O) groups excluding carboxylic acids is 1. The minimum atomic E-state index is -0.359. The summed E-state index contributed by atoms with van der Waals surface area (Å²) < 4.78 is 5.69. The summed E-state index contributed by atoms with van der Waals surface area (Å²) in [5.41, 5.74) is 0.452. The molecule has 1 heterocycles. The normalized spacial score (nSPS) is 9.80. The number of pyridine rings is 1. The Morgan fingerprint density at radius 1 is 1.60 bits per heavy atom. The molecule has 0 radical (unpaired) electrons. The lowest BCUT2D eigenvalue weighted by atomic mass is 10.2. The number of nitrogens with one attached hydrogen (secondary N) is 1. The molecule has 1 N–H and O–H groups in total. The summed E-state index contributed by atoms with van der Waals surface area (Å²) in [7, 11) is 0. The molecule has 0 aliphatic rings. The van der Waals surface area contributed by atoms with Gasteiger partial charge in [-0.05, 0) is 35.8 Å². The van der Waals surface area contributed by atoms with Crippen molar-refractivity contribution in [2.24, 2.45) is 0 Å². The van der Waals surface area contributed by atoms with Crippen LogP contribution in [-0.4, -0.2) is 24.1 Å². The standard InChI is InChI=1S/C10H13BrN2O2/c1-3-12-9-8(10(14)15-4-2)5-7(11)6-13-9/h5-6H,3-4H2,1-2H3,(H,12,13). The van der Waals surface area contributed by atoms with Gasteiger partial charge in [-0.3, -0.25) is 0 Å². The molecule has 0 amide bonds. The minimum absolute atomic E-state index is 0.358. The lowest BCUT2D eigenvalue weighted by Crippen LogP contribution is -2.11. The molecule has 0 aliphatic heterocycles. The third-order valence-electron chi connectivity index (χ3n) is 1.69. The second-order valence-corrected chi connectivity index (χ2v) is 3.72. The maximum Gasteiger partial charge on any atom is 0.341 e. The summed E-state index contributed by atoms with van der Waals surface area (Å²) in [6, 6.07) is 1.70. The first kappa shape index (κ1) is 12.0. The van der Waals surface area contributed by atoms with Gasteiger partial charge in [0.1, 0.15) is 11.4 Å². The fourth-order valence-corrected chi connectivity index (χ4v) is 1.44. The van der Waals surface area contributed by atoms with Gasteiger partial charge in [-0.2, -0.15) is 0 Å². The van der Waals surface area contributed by atoms with E-state index in [1.165, 1.54) is 0 Å². The van der Waals surface area contributed by atoms with Gasteiger partial charge in [0.2, 0.25) is 0 Å². The van der Waals surface area contributed by atoms with E-state index in [-0.39, 0.29) is 5.97 Å². The smallest absolute Gasteiger partial charge is 0.341 e. The molecule has 5 heteroatoms. The fraction of sp³-hybridized carbons (Fsp3) is 0.400. The fourth-order valence-electron chi connectivity index (χ4n) is 1.11. The molecule has 1 aromatic rings. The number of esters is 1. The minimum Gasteiger partial charge on any atom is -0.462 e. The molecule has 0 aromatic carbocycles. The Kier molecular flexibility index (Phi) is 4.55. The van der Waals surface area contributed by atoms with Gasteiger partial charge < -0.3 is 10.1 Å². The van der Waals surface area contributed by atoms with Crippen molar-refractivity contribution < 1.29 is 9.53 Å². The van der Waals surface area contributed by atoms with Crippen molar-refractivity contribution in [3.8, 4) is 0 Å². The van der Waals surface area contributed by atoms with E-state index in [1.54, 1.807) is 19.2 Å². The van der Waals surface area contributed by atoms with E-state index in [4.69, 9.17) is 4.74 Å². The van der Waals surface area contributed by atoms with Crippen LogP contribution in [-0.2, 0) is 4.74 Å². The molecule has 82 valence electrons. The first-order valence-electron chi connectivity index (χ1n) is 4.75. The maximum atomic E-state index is 11.6. The zero-order valence-electron chi connectivity index (χ0n) is 8.71. The molecule has 0 aliphatic carbocycles. The van der Waals surface area contributed by atoms with Gasteiger partial charge in [0.25, 0.3) is 0 Å².